The first-order valence-electron chi connectivity index (χ1n) is 13.2. The summed E-state index contributed by atoms with van der Waals surface area (Å²) in [5.41, 5.74) is 1.96. The fourth-order valence-electron chi connectivity index (χ4n) is 5.99. The second-order valence-corrected chi connectivity index (χ2v) is 11.3. The summed E-state index contributed by atoms with van der Waals surface area (Å²) < 4.78 is 37.5. The molecular weight excluding hydrogens is 590 g/mol. The molecule has 0 amide bonds. The van der Waals surface area contributed by atoms with Gasteiger partial charge >= 0.3 is 0 Å². The molecule has 2 aromatic rings. The predicted molar refractivity (Wildman–Crippen MR) is 148 cm³/mol. The molecule has 6 unspecified atom stereocenters. The minimum absolute atomic E-state index is 0.0125. The average molecular weight is 622 g/mol. The monoisotopic (exact) mass is 621 g/mol. The van der Waals surface area contributed by atoms with E-state index in [-0.39, 0.29) is 34.4 Å². The number of hydrogen-bond acceptors (Lipinski definition) is 13. The lowest BCUT2D eigenvalue weighted by atomic mass is 9.71. The molecule has 16 heteroatoms. The van der Waals surface area contributed by atoms with Gasteiger partial charge in [-0.05, 0) is 13.0 Å². The molecule has 1 heterocycles. The van der Waals surface area contributed by atoms with E-state index < -0.39 is 107 Å². The zero-order chi connectivity index (χ0) is 31.4. The number of nitrogens with two attached hydrogens (primary N) is 1. The highest BCUT2D eigenvalue weighted by Gasteiger charge is 2.49. The number of phenols is 2. The van der Waals surface area contributed by atoms with Crippen molar-refractivity contribution in [1.29, 1.82) is 0 Å². The average Bonchev–Trinajstić information content (AvgIpc) is 2.95. The van der Waals surface area contributed by atoms with Crippen LogP contribution < -0.4 is 15.3 Å². The maximum atomic E-state index is 13.8. The van der Waals surface area contributed by atoms with E-state index in [2.05, 4.69) is 5.10 Å². The van der Waals surface area contributed by atoms with Gasteiger partial charge in [-0.1, -0.05) is 12.1 Å². The Labute approximate surface area is 247 Å². The van der Waals surface area contributed by atoms with Crippen LogP contribution in [-0.4, -0.2) is 95.4 Å². The van der Waals surface area contributed by atoms with Crippen molar-refractivity contribution in [2.75, 3.05) is 13.7 Å². The molecule has 1 aliphatic heterocycles. The van der Waals surface area contributed by atoms with Crippen molar-refractivity contribution in [1.82, 2.24) is 4.83 Å². The van der Waals surface area contributed by atoms with Crippen LogP contribution in [0, 0.1) is 0 Å². The van der Waals surface area contributed by atoms with Gasteiger partial charge in [-0.3, -0.25) is 14.1 Å². The molecule has 43 heavy (non-hydrogen) atoms. The number of rotatable bonds is 7. The third-order valence-electron chi connectivity index (χ3n) is 8.09. The summed E-state index contributed by atoms with van der Waals surface area (Å²) in [5, 5.41) is 58.7. The van der Waals surface area contributed by atoms with Gasteiger partial charge in [0.25, 0.3) is 11.3 Å². The van der Waals surface area contributed by atoms with E-state index in [0.29, 0.717) is 0 Å². The maximum Gasteiger partial charge on any atom is 0.275 e. The van der Waals surface area contributed by atoms with Crippen LogP contribution in [0.3, 0.4) is 0 Å². The van der Waals surface area contributed by atoms with Crippen molar-refractivity contribution >= 4 is 28.5 Å². The largest absolute Gasteiger partial charge is 0.507 e. The van der Waals surface area contributed by atoms with Crippen LogP contribution in [0.1, 0.15) is 68.8 Å². The number of phenolic OH excluding ortho intramolecular Hbond substituents is 2. The Bertz CT molecular complexity index is 1540. The number of aliphatic hydroxyl groups excluding tert-OH is 2. The zero-order valence-electron chi connectivity index (χ0n) is 23.0. The van der Waals surface area contributed by atoms with E-state index in [9.17, 15) is 39.3 Å². The van der Waals surface area contributed by atoms with Gasteiger partial charge < -0.3 is 45.5 Å². The van der Waals surface area contributed by atoms with Crippen molar-refractivity contribution < 1.29 is 58.1 Å². The number of hydrazone groups is 1. The molecule has 0 radical (unpaired) electrons. The van der Waals surface area contributed by atoms with Gasteiger partial charge in [-0.15, -0.1) is 0 Å². The molecule has 2 aromatic carbocycles. The van der Waals surface area contributed by atoms with Crippen LogP contribution in [0.4, 0.5) is 0 Å². The number of nitrogens with zero attached hydrogens (tertiary/aromatic N) is 1. The Balaban J connectivity index is 1.70. The summed E-state index contributed by atoms with van der Waals surface area (Å²) in [6.45, 7) is 0.663. The maximum absolute atomic E-state index is 13.8. The van der Waals surface area contributed by atoms with Crippen LogP contribution in [0.5, 0.6) is 17.2 Å². The fraction of sp³-hybridized carbons (Fsp3) is 0.444. The number of benzene rings is 2. The fourth-order valence-corrected chi connectivity index (χ4v) is 6.18. The summed E-state index contributed by atoms with van der Waals surface area (Å²) in [6.07, 6.45) is -5.26. The number of fused-ring (bicyclic) bond motifs is 3. The number of aromatic hydroxyl groups is 2. The molecule has 3 aliphatic rings. The SMILES string of the molecule is COc1cccc2c1C(=O)c1c(O)c3c(c(O)c1C2=O)CC(O)(C(CO)=NNS(=O)O)C[C@@H]3OC1CC(N)C(O)C(C)O1. The van der Waals surface area contributed by atoms with Crippen molar-refractivity contribution in [2.45, 2.75) is 62.4 Å². The molecule has 7 atom stereocenters. The molecule has 15 nitrogen and oxygen atoms in total. The predicted octanol–water partition coefficient (Wildman–Crippen LogP) is -0.485. The molecule has 1 fully saturated rings. The summed E-state index contributed by atoms with van der Waals surface area (Å²) in [4.78, 5) is 29.2. The molecule has 0 spiro atoms. The lowest BCUT2D eigenvalue weighted by Gasteiger charge is -2.43. The highest BCUT2D eigenvalue weighted by atomic mass is 32.2. The van der Waals surface area contributed by atoms with E-state index in [1.807, 2.05) is 4.83 Å². The molecule has 5 rings (SSSR count). The van der Waals surface area contributed by atoms with E-state index in [1.165, 1.54) is 25.3 Å². The Morgan fingerprint density at radius 3 is 2.53 bits per heavy atom. The number of ether oxygens (including phenoxy) is 3. The van der Waals surface area contributed by atoms with Crippen LogP contribution in [0.25, 0.3) is 0 Å². The minimum Gasteiger partial charge on any atom is -0.507 e. The molecule has 0 saturated carbocycles. The lowest BCUT2D eigenvalue weighted by molar-refractivity contribution is -0.245. The Hall–Kier alpha value is -3.48. The highest BCUT2D eigenvalue weighted by Crippen LogP contribution is 2.52. The normalized spacial score (nSPS) is 29.4. The van der Waals surface area contributed by atoms with Gasteiger partial charge in [0.1, 0.15) is 22.8 Å². The smallest absolute Gasteiger partial charge is 0.275 e. The van der Waals surface area contributed by atoms with Gasteiger partial charge in [0, 0.05) is 42.0 Å². The van der Waals surface area contributed by atoms with Crippen LogP contribution >= 0.6 is 0 Å². The van der Waals surface area contributed by atoms with Crippen molar-refractivity contribution in [2.24, 2.45) is 10.8 Å². The topological polar surface area (TPSA) is 251 Å². The number of nitrogens with one attached hydrogen (secondary N) is 1. The number of carbonyl (C=O) groups is 2. The van der Waals surface area contributed by atoms with Gasteiger partial charge in [0.05, 0.1) is 54.4 Å². The van der Waals surface area contributed by atoms with Crippen LogP contribution in [0.15, 0.2) is 23.3 Å². The first-order chi connectivity index (χ1) is 20.3. The molecule has 9 N–H and O–H groups in total. The second kappa shape index (κ2) is 11.5. The number of hydrogen-bond donors (Lipinski definition) is 8. The third kappa shape index (κ3) is 5.19. The van der Waals surface area contributed by atoms with Gasteiger partial charge in [0.2, 0.25) is 5.78 Å². The second-order valence-electron chi connectivity index (χ2n) is 10.6. The first kappa shape index (κ1) is 31.0. The molecule has 0 bridgehead atoms. The van der Waals surface area contributed by atoms with Gasteiger partial charge in [-0.25, -0.2) is 9.04 Å². The first-order valence-corrected chi connectivity index (χ1v) is 14.3. The summed E-state index contributed by atoms with van der Waals surface area (Å²) in [5.74, 6) is -2.91. The standard InChI is InChI=1S/C27H31N3O12S/c1-10-22(32)13(28)6-17(41-10)42-15-8-27(37,16(9-31)29-30-43(38)39)7-12-19(15)26(36)21-20(24(12)34)23(33)11-4-3-5-14(40-2)18(11)25(21)35/h3-5,10,13,15,17,22,30-32,34,36-37H,6-9,28H2,1-2H3,(H,38,39)/t10?,13?,15-,17?,22?,27?/m0/s1. The molecule has 232 valence electrons. The highest BCUT2D eigenvalue weighted by molar-refractivity contribution is 7.77. The molecule has 0 aromatic heterocycles. The summed E-state index contributed by atoms with van der Waals surface area (Å²) in [6, 6.07) is 3.57. The lowest BCUT2D eigenvalue weighted by Crippen LogP contribution is -2.53. The van der Waals surface area contributed by atoms with Crippen LogP contribution in [-0.2, 0) is 27.2 Å². The minimum atomic E-state index is -2.65. The Morgan fingerprint density at radius 1 is 1.21 bits per heavy atom. The molecule has 2 aliphatic carbocycles. The molecular formula is C27H31N3O12S. The van der Waals surface area contributed by atoms with Crippen molar-refractivity contribution in [3.8, 4) is 17.2 Å². The Morgan fingerprint density at radius 2 is 1.91 bits per heavy atom. The van der Waals surface area contributed by atoms with E-state index in [1.54, 1.807) is 6.92 Å². The Kier molecular flexibility index (Phi) is 8.32. The summed E-state index contributed by atoms with van der Waals surface area (Å²) in [7, 11) is 1.31. The number of carbonyl (C=O) groups excluding carboxylic acids is 2. The van der Waals surface area contributed by atoms with E-state index >= 15 is 0 Å². The zero-order valence-corrected chi connectivity index (χ0v) is 23.8. The van der Waals surface area contributed by atoms with Crippen LogP contribution in [0.2, 0.25) is 0 Å². The number of ketones is 2. The number of aliphatic hydroxyl groups is 3. The van der Waals surface area contributed by atoms with E-state index in [4.69, 9.17) is 24.5 Å². The number of methoxy groups -OCH3 is 1. The van der Waals surface area contributed by atoms with E-state index in [0.717, 1.165) is 0 Å². The van der Waals surface area contributed by atoms with Gasteiger partial charge in [0.15, 0.2) is 12.1 Å². The van der Waals surface area contributed by atoms with Crippen molar-refractivity contribution in [3.05, 3.63) is 51.6 Å². The van der Waals surface area contributed by atoms with Crippen molar-refractivity contribution in [3.63, 3.8) is 0 Å². The quantitative estimate of drug-likeness (QED) is 0.0719. The summed E-state index contributed by atoms with van der Waals surface area (Å²) >= 11 is -2.65. The third-order valence-corrected chi connectivity index (χ3v) is 8.34. The van der Waals surface area contributed by atoms with Gasteiger partial charge in [-0.2, -0.15) is 5.10 Å². The molecule has 1 saturated heterocycles.